The summed E-state index contributed by atoms with van der Waals surface area (Å²) in [6, 6.07) is 7.00. The minimum Gasteiger partial charge on any atom is -0.487 e. The number of hydrogen-bond acceptors (Lipinski definition) is 4. The third kappa shape index (κ3) is 3.65. The standard InChI is InChI=1S/C18H16F2IN3O2/c1-24-9-16(26-5-4-22)18(25)17-14(6-10(19)7-15(17)24)23-13-3-2-11(21)8-12(13)20/h2-3,6-9,23H,4-5,22H2,1H3. The average Bonchev–Trinajstić information content (AvgIpc) is 2.59. The van der Waals surface area contributed by atoms with E-state index < -0.39 is 17.1 Å². The predicted molar refractivity (Wildman–Crippen MR) is 106 cm³/mol. The number of ether oxygens (including phenoxy) is 1. The molecule has 3 rings (SSSR count). The lowest BCUT2D eigenvalue weighted by molar-refractivity contribution is 0.323. The van der Waals surface area contributed by atoms with Crippen LogP contribution in [0.25, 0.3) is 10.9 Å². The number of aromatic nitrogens is 1. The van der Waals surface area contributed by atoms with Crippen molar-refractivity contribution in [3.05, 3.63) is 62.0 Å². The molecule has 0 unspecified atom stereocenters. The summed E-state index contributed by atoms with van der Waals surface area (Å²) in [6.45, 7) is 0.431. The zero-order valence-corrected chi connectivity index (χ0v) is 16.0. The maximum absolute atomic E-state index is 14.2. The van der Waals surface area contributed by atoms with E-state index in [4.69, 9.17) is 10.5 Å². The van der Waals surface area contributed by atoms with Gasteiger partial charge in [-0.25, -0.2) is 8.78 Å². The molecule has 0 atom stereocenters. The van der Waals surface area contributed by atoms with Gasteiger partial charge < -0.3 is 20.4 Å². The molecule has 0 fully saturated rings. The van der Waals surface area contributed by atoms with Crippen molar-refractivity contribution in [2.45, 2.75) is 0 Å². The first-order valence-electron chi connectivity index (χ1n) is 7.78. The van der Waals surface area contributed by atoms with Crippen LogP contribution in [0.2, 0.25) is 0 Å². The van der Waals surface area contributed by atoms with Gasteiger partial charge in [0.2, 0.25) is 5.43 Å². The van der Waals surface area contributed by atoms with E-state index >= 15 is 0 Å². The van der Waals surface area contributed by atoms with E-state index in [-0.39, 0.29) is 35.7 Å². The van der Waals surface area contributed by atoms with E-state index in [0.29, 0.717) is 5.52 Å². The Morgan fingerprint density at radius 2 is 2.00 bits per heavy atom. The number of halogens is 3. The first-order valence-corrected chi connectivity index (χ1v) is 8.86. The van der Waals surface area contributed by atoms with Crippen LogP contribution in [0, 0.1) is 15.2 Å². The number of fused-ring (bicyclic) bond motifs is 1. The number of nitrogens with zero attached hydrogens (tertiary/aromatic N) is 1. The summed E-state index contributed by atoms with van der Waals surface area (Å²) in [6.07, 6.45) is 1.48. The third-order valence-electron chi connectivity index (χ3n) is 3.80. The molecule has 8 heteroatoms. The monoisotopic (exact) mass is 471 g/mol. The summed E-state index contributed by atoms with van der Waals surface area (Å²) in [4.78, 5) is 12.8. The van der Waals surface area contributed by atoms with Gasteiger partial charge in [-0.3, -0.25) is 4.79 Å². The Labute approximate surface area is 161 Å². The number of anilines is 2. The van der Waals surface area contributed by atoms with Crippen LogP contribution in [-0.2, 0) is 7.05 Å². The Kier molecular flexibility index (Phi) is 5.42. The summed E-state index contributed by atoms with van der Waals surface area (Å²) in [5.41, 5.74) is 5.68. The number of benzene rings is 2. The highest BCUT2D eigenvalue weighted by atomic mass is 127. The largest absolute Gasteiger partial charge is 0.487 e. The average molecular weight is 471 g/mol. The van der Waals surface area contributed by atoms with Gasteiger partial charge in [-0.05, 0) is 52.9 Å². The lowest BCUT2D eigenvalue weighted by Crippen LogP contribution is -2.18. The van der Waals surface area contributed by atoms with Gasteiger partial charge in [0.05, 0.1) is 28.5 Å². The minimum atomic E-state index is -0.545. The second kappa shape index (κ2) is 7.58. The third-order valence-corrected chi connectivity index (χ3v) is 4.47. The second-order valence-electron chi connectivity index (χ2n) is 5.67. The highest BCUT2D eigenvalue weighted by Crippen LogP contribution is 2.28. The van der Waals surface area contributed by atoms with Crippen LogP contribution < -0.4 is 21.2 Å². The van der Waals surface area contributed by atoms with E-state index in [2.05, 4.69) is 5.32 Å². The Morgan fingerprint density at radius 3 is 2.69 bits per heavy atom. The molecule has 2 aromatic carbocycles. The van der Waals surface area contributed by atoms with Crippen molar-refractivity contribution in [3.63, 3.8) is 0 Å². The Hall–Kier alpha value is -2.20. The number of nitrogens with one attached hydrogen (secondary N) is 1. The number of rotatable bonds is 5. The molecule has 0 bridgehead atoms. The summed E-state index contributed by atoms with van der Waals surface area (Å²) in [7, 11) is 1.67. The van der Waals surface area contributed by atoms with Crippen molar-refractivity contribution in [1.29, 1.82) is 0 Å². The van der Waals surface area contributed by atoms with E-state index in [1.165, 1.54) is 24.4 Å². The SMILES string of the molecule is Cn1cc(OCCN)c(=O)c2c(Nc3ccc(I)cc3F)cc(F)cc21. The number of nitrogens with two attached hydrogens (primary N) is 1. The fourth-order valence-corrected chi connectivity index (χ4v) is 3.10. The highest BCUT2D eigenvalue weighted by molar-refractivity contribution is 14.1. The van der Waals surface area contributed by atoms with Gasteiger partial charge in [0.1, 0.15) is 18.2 Å². The van der Waals surface area contributed by atoms with Crippen LogP contribution in [0.5, 0.6) is 5.75 Å². The van der Waals surface area contributed by atoms with Crippen LogP contribution in [0.1, 0.15) is 0 Å². The van der Waals surface area contributed by atoms with Gasteiger partial charge in [-0.15, -0.1) is 0 Å². The lowest BCUT2D eigenvalue weighted by Gasteiger charge is -2.15. The molecule has 1 heterocycles. The Balaban J connectivity index is 2.20. The fourth-order valence-electron chi connectivity index (χ4n) is 2.64. The van der Waals surface area contributed by atoms with Crippen LogP contribution in [0.3, 0.4) is 0 Å². The quantitative estimate of drug-likeness (QED) is 0.560. The molecular weight excluding hydrogens is 455 g/mol. The molecule has 136 valence electrons. The molecule has 0 saturated carbocycles. The minimum absolute atomic E-state index is 0.100. The molecule has 3 N–H and O–H groups in total. The zero-order chi connectivity index (χ0) is 18.8. The van der Waals surface area contributed by atoms with Crippen molar-refractivity contribution in [2.75, 3.05) is 18.5 Å². The summed E-state index contributed by atoms with van der Waals surface area (Å²) >= 11 is 1.99. The Bertz CT molecular complexity index is 1040. The van der Waals surface area contributed by atoms with E-state index in [1.54, 1.807) is 17.7 Å². The number of aryl methyl sites for hydroxylation is 1. The number of pyridine rings is 1. The van der Waals surface area contributed by atoms with Crippen LogP contribution >= 0.6 is 22.6 Å². The van der Waals surface area contributed by atoms with E-state index in [0.717, 1.165) is 9.64 Å². The van der Waals surface area contributed by atoms with E-state index in [9.17, 15) is 13.6 Å². The molecule has 0 saturated heterocycles. The Morgan fingerprint density at radius 1 is 1.23 bits per heavy atom. The molecular formula is C18H16F2IN3O2. The summed E-state index contributed by atoms with van der Waals surface area (Å²) in [5.74, 6) is -0.943. The predicted octanol–water partition coefficient (Wildman–Crippen LogP) is 3.50. The van der Waals surface area contributed by atoms with Gasteiger partial charge in [0.25, 0.3) is 0 Å². The van der Waals surface area contributed by atoms with Crippen LogP contribution in [0.15, 0.2) is 41.3 Å². The molecule has 1 aromatic heterocycles. The fraction of sp³-hybridized carbons (Fsp3) is 0.167. The van der Waals surface area contributed by atoms with Gasteiger partial charge >= 0.3 is 0 Å². The highest BCUT2D eigenvalue weighted by Gasteiger charge is 2.15. The van der Waals surface area contributed by atoms with Crippen molar-refractivity contribution in [3.8, 4) is 5.75 Å². The number of hydrogen-bond donors (Lipinski definition) is 2. The maximum Gasteiger partial charge on any atom is 0.233 e. The second-order valence-corrected chi connectivity index (χ2v) is 6.91. The van der Waals surface area contributed by atoms with Crippen molar-refractivity contribution >= 4 is 44.9 Å². The first kappa shape index (κ1) is 18.6. The van der Waals surface area contributed by atoms with Crippen LogP contribution in [0.4, 0.5) is 20.2 Å². The van der Waals surface area contributed by atoms with Crippen molar-refractivity contribution in [1.82, 2.24) is 4.57 Å². The van der Waals surface area contributed by atoms with Crippen molar-refractivity contribution in [2.24, 2.45) is 12.8 Å². The van der Waals surface area contributed by atoms with Gasteiger partial charge in [0, 0.05) is 17.2 Å². The molecule has 5 nitrogen and oxygen atoms in total. The topological polar surface area (TPSA) is 69.3 Å². The molecule has 0 aliphatic rings. The molecule has 0 amide bonds. The summed E-state index contributed by atoms with van der Waals surface area (Å²) < 4.78 is 36.0. The molecule has 0 aliphatic carbocycles. The van der Waals surface area contributed by atoms with E-state index in [1.807, 2.05) is 22.6 Å². The lowest BCUT2D eigenvalue weighted by atomic mass is 10.1. The van der Waals surface area contributed by atoms with Gasteiger partial charge in [-0.2, -0.15) is 0 Å². The smallest absolute Gasteiger partial charge is 0.233 e. The maximum atomic E-state index is 14.2. The first-order chi connectivity index (χ1) is 12.4. The van der Waals surface area contributed by atoms with Gasteiger partial charge in [-0.1, -0.05) is 0 Å². The molecule has 3 aromatic rings. The normalized spacial score (nSPS) is 11.0. The molecule has 26 heavy (non-hydrogen) atoms. The molecule has 0 radical (unpaired) electrons. The van der Waals surface area contributed by atoms with Gasteiger partial charge in [0.15, 0.2) is 5.75 Å². The molecule has 0 spiro atoms. The zero-order valence-electron chi connectivity index (χ0n) is 13.9. The summed E-state index contributed by atoms with van der Waals surface area (Å²) in [5, 5.41) is 3.03. The van der Waals surface area contributed by atoms with Crippen LogP contribution in [-0.4, -0.2) is 17.7 Å². The molecule has 0 aliphatic heterocycles. The van der Waals surface area contributed by atoms with Crippen molar-refractivity contribution < 1.29 is 13.5 Å².